The number of Topliss-reactive ketones (excluding diaryl/α,β-unsaturated/α-hetero) is 1. The van der Waals surface area contributed by atoms with E-state index in [0.717, 1.165) is 0 Å². The topological polar surface area (TPSA) is 80.8 Å². The highest BCUT2D eigenvalue weighted by Crippen LogP contribution is 2.35. The van der Waals surface area contributed by atoms with Gasteiger partial charge < -0.3 is 4.74 Å². The Balaban J connectivity index is 1.53. The number of esters is 1. The molecule has 2 aliphatic rings. The molecule has 2 atom stereocenters. The first-order valence-corrected chi connectivity index (χ1v) is 8.85. The van der Waals surface area contributed by atoms with E-state index in [-0.39, 0.29) is 42.4 Å². The number of allylic oxidation sites excluding steroid dienone is 2. The van der Waals surface area contributed by atoms with Gasteiger partial charge in [-0.25, -0.2) is 0 Å². The summed E-state index contributed by atoms with van der Waals surface area (Å²) in [5.41, 5.74) is 0.566. The van der Waals surface area contributed by atoms with Crippen molar-refractivity contribution in [3.63, 3.8) is 0 Å². The summed E-state index contributed by atoms with van der Waals surface area (Å²) >= 11 is 0. The van der Waals surface area contributed by atoms with Crippen molar-refractivity contribution in [2.24, 2.45) is 11.8 Å². The molecule has 1 aliphatic carbocycles. The Labute approximate surface area is 151 Å². The number of benzene rings is 1. The second-order valence-corrected chi connectivity index (χ2v) is 6.51. The molecular formula is C20H21NO5. The van der Waals surface area contributed by atoms with Gasteiger partial charge in [0, 0.05) is 18.5 Å². The Morgan fingerprint density at radius 1 is 1.04 bits per heavy atom. The van der Waals surface area contributed by atoms with Crippen molar-refractivity contribution in [1.82, 2.24) is 4.90 Å². The molecule has 1 aromatic carbocycles. The van der Waals surface area contributed by atoms with Gasteiger partial charge in [-0.05, 0) is 37.1 Å². The molecule has 136 valence electrons. The molecule has 0 saturated carbocycles. The fourth-order valence-electron chi connectivity index (χ4n) is 3.39. The summed E-state index contributed by atoms with van der Waals surface area (Å²) in [6.45, 7) is 1.82. The third-order valence-corrected chi connectivity index (χ3v) is 4.87. The SMILES string of the molecule is CCC(=O)c1ccc(OC(=O)CCN2C(=O)[C@H]3CC=CC[C@H]3C2=O)cc1. The van der Waals surface area contributed by atoms with Crippen molar-refractivity contribution in [2.75, 3.05) is 6.54 Å². The van der Waals surface area contributed by atoms with Gasteiger partial charge in [-0.1, -0.05) is 19.1 Å². The van der Waals surface area contributed by atoms with Crippen molar-refractivity contribution in [3.05, 3.63) is 42.0 Å². The summed E-state index contributed by atoms with van der Waals surface area (Å²) in [4.78, 5) is 49.5. The van der Waals surface area contributed by atoms with Crippen molar-refractivity contribution in [3.8, 4) is 5.75 Å². The van der Waals surface area contributed by atoms with Crippen LogP contribution in [-0.2, 0) is 14.4 Å². The Kier molecular flexibility index (Phi) is 5.30. The van der Waals surface area contributed by atoms with Gasteiger partial charge in [0.1, 0.15) is 5.75 Å². The van der Waals surface area contributed by atoms with E-state index in [1.165, 1.54) is 4.90 Å². The van der Waals surface area contributed by atoms with E-state index in [1.54, 1.807) is 31.2 Å². The zero-order valence-electron chi connectivity index (χ0n) is 14.6. The van der Waals surface area contributed by atoms with Crippen molar-refractivity contribution in [2.45, 2.75) is 32.6 Å². The number of carbonyl (C=O) groups is 4. The molecule has 1 saturated heterocycles. The minimum atomic E-state index is -0.520. The quantitative estimate of drug-likeness (QED) is 0.257. The maximum absolute atomic E-state index is 12.3. The van der Waals surface area contributed by atoms with Gasteiger partial charge in [-0.2, -0.15) is 0 Å². The molecule has 0 aromatic heterocycles. The average molecular weight is 355 g/mol. The third kappa shape index (κ3) is 3.59. The monoisotopic (exact) mass is 355 g/mol. The smallest absolute Gasteiger partial charge is 0.312 e. The minimum Gasteiger partial charge on any atom is -0.426 e. The maximum atomic E-state index is 12.3. The number of fused-ring (bicyclic) bond motifs is 1. The molecule has 1 aromatic rings. The van der Waals surface area contributed by atoms with E-state index in [2.05, 4.69) is 0 Å². The molecule has 0 bridgehead atoms. The molecule has 26 heavy (non-hydrogen) atoms. The lowest BCUT2D eigenvalue weighted by atomic mass is 9.85. The molecule has 2 amide bonds. The fourth-order valence-corrected chi connectivity index (χ4v) is 3.39. The second-order valence-electron chi connectivity index (χ2n) is 6.51. The number of nitrogens with zero attached hydrogens (tertiary/aromatic N) is 1. The van der Waals surface area contributed by atoms with Gasteiger partial charge in [-0.3, -0.25) is 24.1 Å². The molecule has 6 heteroatoms. The molecule has 0 radical (unpaired) electrons. The highest BCUT2D eigenvalue weighted by molar-refractivity contribution is 6.05. The van der Waals surface area contributed by atoms with E-state index in [4.69, 9.17) is 4.74 Å². The Bertz CT molecular complexity index is 739. The number of imide groups is 1. The maximum Gasteiger partial charge on any atom is 0.312 e. The van der Waals surface area contributed by atoms with Crippen LogP contribution in [0.3, 0.4) is 0 Å². The molecule has 1 heterocycles. The van der Waals surface area contributed by atoms with Crippen LogP contribution in [0.25, 0.3) is 0 Å². The van der Waals surface area contributed by atoms with Crippen LogP contribution in [0.2, 0.25) is 0 Å². The molecular weight excluding hydrogens is 334 g/mol. The zero-order valence-corrected chi connectivity index (χ0v) is 14.6. The van der Waals surface area contributed by atoms with Crippen LogP contribution in [0.5, 0.6) is 5.75 Å². The molecule has 0 spiro atoms. The van der Waals surface area contributed by atoms with Crippen molar-refractivity contribution in [1.29, 1.82) is 0 Å². The van der Waals surface area contributed by atoms with E-state index in [0.29, 0.717) is 30.6 Å². The number of rotatable bonds is 6. The summed E-state index contributed by atoms with van der Waals surface area (Å²) in [7, 11) is 0. The summed E-state index contributed by atoms with van der Waals surface area (Å²) in [6, 6.07) is 6.35. The van der Waals surface area contributed by atoms with E-state index in [9.17, 15) is 19.2 Å². The lowest BCUT2D eigenvalue weighted by molar-refractivity contribution is -0.141. The molecule has 0 N–H and O–H groups in total. The third-order valence-electron chi connectivity index (χ3n) is 4.87. The number of likely N-dealkylation sites (tertiary alicyclic amines) is 1. The minimum absolute atomic E-state index is 0.0184. The van der Waals surface area contributed by atoms with Crippen LogP contribution >= 0.6 is 0 Å². The van der Waals surface area contributed by atoms with Gasteiger partial charge in [0.05, 0.1) is 18.3 Å². The van der Waals surface area contributed by atoms with Crippen LogP contribution in [-0.4, -0.2) is 35.0 Å². The highest BCUT2D eigenvalue weighted by atomic mass is 16.5. The van der Waals surface area contributed by atoms with Gasteiger partial charge in [0.15, 0.2) is 5.78 Å². The fraction of sp³-hybridized carbons (Fsp3) is 0.400. The Morgan fingerprint density at radius 3 is 2.15 bits per heavy atom. The Morgan fingerprint density at radius 2 is 1.62 bits per heavy atom. The second kappa shape index (κ2) is 7.64. The number of hydrogen-bond acceptors (Lipinski definition) is 5. The van der Waals surface area contributed by atoms with Crippen LogP contribution in [0, 0.1) is 11.8 Å². The van der Waals surface area contributed by atoms with Gasteiger partial charge >= 0.3 is 5.97 Å². The number of hydrogen-bond donors (Lipinski definition) is 0. The lowest BCUT2D eigenvalue weighted by Crippen LogP contribution is -2.33. The summed E-state index contributed by atoms with van der Waals surface area (Å²) in [6.07, 6.45) is 5.38. The molecule has 3 rings (SSSR count). The number of amides is 2. The molecule has 1 aliphatic heterocycles. The van der Waals surface area contributed by atoms with Crippen LogP contribution in [0.1, 0.15) is 43.0 Å². The van der Waals surface area contributed by atoms with E-state index < -0.39 is 5.97 Å². The first kappa shape index (κ1) is 18.0. The summed E-state index contributed by atoms with van der Waals surface area (Å²) < 4.78 is 5.22. The molecule has 0 unspecified atom stereocenters. The first-order chi connectivity index (χ1) is 12.5. The highest BCUT2D eigenvalue weighted by Gasteiger charge is 2.46. The predicted molar refractivity (Wildman–Crippen MR) is 93.4 cm³/mol. The Hall–Kier alpha value is -2.76. The number of ether oxygens (including phenoxy) is 1. The largest absolute Gasteiger partial charge is 0.426 e. The number of carbonyl (C=O) groups excluding carboxylic acids is 4. The van der Waals surface area contributed by atoms with E-state index >= 15 is 0 Å². The standard InChI is InChI=1S/C20H21NO5/c1-2-17(22)13-7-9-14(10-8-13)26-18(23)11-12-21-19(24)15-5-3-4-6-16(15)20(21)25/h3-4,7-10,15-16H,2,5-6,11-12H2,1H3/t15-,16+. The van der Waals surface area contributed by atoms with Crippen molar-refractivity contribution >= 4 is 23.6 Å². The van der Waals surface area contributed by atoms with Crippen LogP contribution < -0.4 is 4.74 Å². The van der Waals surface area contributed by atoms with Crippen molar-refractivity contribution < 1.29 is 23.9 Å². The summed E-state index contributed by atoms with van der Waals surface area (Å²) in [5, 5.41) is 0. The predicted octanol–water partition coefficient (Wildman–Crippen LogP) is 2.53. The zero-order chi connectivity index (χ0) is 18.7. The molecule has 1 fully saturated rings. The lowest BCUT2D eigenvalue weighted by Gasteiger charge is -2.14. The first-order valence-electron chi connectivity index (χ1n) is 8.85. The van der Waals surface area contributed by atoms with Crippen LogP contribution in [0.15, 0.2) is 36.4 Å². The summed E-state index contributed by atoms with van der Waals surface area (Å²) in [5.74, 6) is -1.13. The van der Waals surface area contributed by atoms with E-state index in [1.807, 2.05) is 12.2 Å². The number of ketones is 1. The molecule has 6 nitrogen and oxygen atoms in total. The normalized spacial score (nSPS) is 21.7. The van der Waals surface area contributed by atoms with Gasteiger partial charge in [0.2, 0.25) is 11.8 Å². The van der Waals surface area contributed by atoms with Crippen LogP contribution in [0.4, 0.5) is 0 Å². The average Bonchev–Trinajstić information content (AvgIpc) is 2.91. The van der Waals surface area contributed by atoms with Gasteiger partial charge in [0.25, 0.3) is 0 Å². The van der Waals surface area contributed by atoms with Gasteiger partial charge in [-0.15, -0.1) is 0 Å².